The van der Waals surface area contributed by atoms with Gasteiger partial charge in [0.05, 0.1) is 19.3 Å². The summed E-state index contributed by atoms with van der Waals surface area (Å²) in [6.07, 6.45) is -0.199. The minimum atomic E-state index is -0.373. The van der Waals surface area contributed by atoms with Gasteiger partial charge in [0.2, 0.25) is 0 Å². The Bertz CT molecular complexity index is 600. The third kappa shape index (κ3) is 2.21. The molecule has 0 aromatic heterocycles. The molecule has 0 amide bonds. The van der Waals surface area contributed by atoms with Gasteiger partial charge in [0.15, 0.2) is 11.6 Å². The Kier molecular flexibility index (Phi) is 2.99. The molecule has 2 aromatic rings. The van der Waals surface area contributed by atoms with E-state index in [1.165, 1.54) is 13.2 Å². The molecule has 0 saturated heterocycles. The lowest BCUT2D eigenvalue weighted by Gasteiger charge is -2.27. The quantitative estimate of drug-likeness (QED) is 0.896. The molecule has 0 radical (unpaired) electrons. The molecule has 0 bridgehead atoms. The van der Waals surface area contributed by atoms with Gasteiger partial charge in [-0.2, -0.15) is 0 Å². The van der Waals surface area contributed by atoms with Crippen molar-refractivity contribution < 1.29 is 13.9 Å². The van der Waals surface area contributed by atoms with E-state index in [2.05, 4.69) is 5.32 Å². The topological polar surface area (TPSA) is 30.5 Å². The Morgan fingerprint density at radius 1 is 1.26 bits per heavy atom. The third-order valence-corrected chi connectivity index (χ3v) is 3.18. The van der Waals surface area contributed by atoms with Crippen LogP contribution in [0.25, 0.3) is 0 Å². The largest absolute Gasteiger partial charge is 0.494 e. The van der Waals surface area contributed by atoms with Gasteiger partial charge in [-0.3, -0.25) is 0 Å². The summed E-state index contributed by atoms with van der Waals surface area (Å²) in [4.78, 5) is 0. The zero-order chi connectivity index (χ0) is 13.2. The van der Waals surface area contributed by atoms with Gasteiger partial charge in [0.1, 0.15) is 11.9 Å². The molecule has 0 fully saturated rings. The van der Waals surface area contributed by atoms with Crippen LogP contribution in [0.1, 0.15) is 11.7 Å². The second kappa shape index (κ2) is 4.80. The van der Waals surface area contributed by atoms with Crippen molar-refractivity contribution in [3.05, 3.63) is 53.8 Å². The van der Waals surface area contributed by atoms with Gasteiger partial charge in [-0.15, -0.1) is 0 Å². The first-order valence-electron chi connectivity index (χ1n) is 6.11. The highest BCUT2D eigenvalue weighted by Gasteiger charge is 2.21. The Morgan fingerprint density at radius 3 is 2.89 bits per heavy atom. The van der Waals surface area contributed by atoms with Gasteiger partial charge in [-0.25, -0.2) is 4.39 Å². The predicted molar refractivity (Wildman–Crippen MR) is 71.3 cm³/mol. The van der Waals surface area contributed by atoms with Gasteiger partial charge >= 0.3 is 0 Å². The monoisotopic (exact) mass is 259 g/mol. The molecule has 1 N–H and O–H groups in total. The molecule has 1 unspecified atom stereocenters. The SMILES string of the molecule is COc1ccc(C2CNc3ccccc3O2)cc1F. The molecular weight excluding hydrogens is 245 g/mol. The number of benzene rings is 2. The molecule has 0 spiro atoms. The Labute approximate surface area is 111 Å². The van der Waals surface area contributed by atoms with Gasteiger partial charge in [-0.1, -0.05) is 18.2 Å². The summed E-state index contributed by atoms with van der Waals surface area (Å²) >= 11 is 0. The summed E-state index contributed by atoms with van der Waals surface area (Å²) in [7, 11) is 1.45. The smallest absolute Gasteiger partial charge is 0.165 e. The van der Waals surface area contributed by atoms with E-state index in [-0.39, 0.29) is 17.7 Å². The lowest BCUT2D eigenvalue weighted by atomic mass is 10.1. The molecule has 19 heavy (non-hydrogen) atoms. The summed E-state index contributed by atoms with van der Waals surface area (Å²) in [5.74, 6) is 0.658. The first-order chi connectivity index (χ1) is 9.28. The number of ether oxygens (including phenoxy) is 2. The fraction of sp³-hybridized carbons (Fsp3) is 0.200. The summed E-state index contributed by atoms with van der Waals surface area (Å²) < 4.78 is 24.5. The maximum atomic E-state index is 13.7. The molecule has 1 heterocycles. The van der Waals surface area contributed by atoms with E-state index in [9.17, 15) is 4.39 Å². The molecule has 98 valence electrons. The maximum absolute atomic E-state index is 13.7. The highest BCUT2D eigenvalue weighted by molar-refractivity contribution is 5.58. The number of anilines is 1. The number of halogens is 1. The van der Waals surface area contributed by atoms with E-state index in [1.807, 2.05) is 30.3 Å². The van der Waals surface area contributed by atoms with Gasteiger partial charge < -0.3 is 14.8 Å². The Morgan fingerprint density at radius 2 is 2.11 bits per heavy atom. The first-order valence-corrected chi connectivity index (χ1v) is 6.11. The van der Waals surface area contributed by atoms with E-state index in [4.69, 9.17) is 9.47 Å². The van der Waals surface area contributed by atoms with Crippen LogP contribution in [0.4, 0.5) is 10.1 Å². The van der Waals surface area contributed by atoms with Crippen LogP contribution < -0.4 is 14.8 Å². The predicted octanol–water partition coefficient (Wildman–Crippen LogP) is 3.38. The van der Waals surface area contributed by atoms with Gasteiger partial charge in [-0.05, 0) is 29.8 Å². The Hall–Kier alpha value is -2.23. The molecule has 0 saturated carbocycles. The lowest BCUT2D eigenvalue weighted by Crippen LogP contribution is -2.23. The maximum Gasteiger partial charge on any atom is 0.165 e. The van der Waals surface area contributed by atoms with E-state index < -0.39 is 0 Å². The molecule has 1 atom stereocenters. The van der Waals surface area contributed by atoms with Crippen molar-refractivity contribution in [3.63, 3.8) is 0 Å². The van der Waals surface area contributed by atoms with Crippen molar-refractivity contribution in [2.45, 2.75) is 6.10 Å². The average Bonchev–Trinajstić information content (AvgIpc) is 2.46. The van der Waals surface area contributed by atoms with Gasteiger partial charge in [0, 0.05) is 0 Å². The summed E-state index contributed by atoms with van der Waals surface area (Å²) in [6.45, 7) is 0.614. The van der Waals surface area contributed by atoms with E-state index >= 15 is 0 Å². The van der Waals surface area contributed by atoms with E-state index in [1.54, 1.807) is 6.07 Å². The third-order valence-electron chi connectivity index (χ3n) is 3.18. The molecule has 3 rings (SSSR count). The van der Waals surface area contributed by atoms with E-state index in [0.29, 0.717) is 6.54 Å². The number of rotatable bonds is 2. The van der Waals surface area contributed by atoms with Crippen LogP contribution in [0.3, 0.4) is 0 Å². The number of para-hydroxylation sites is 2. The zero-order valence-electron chi connectivity index (χ0n) is 10.5. The lowest BCUT2D eigenvalue weighted by molar-refractivity contribution is 0.210. The van der Waals surface area contributed by atoms with Crippen LogP contribution in [-0.2, 0) is 0 Å². The Balaban J connectivity index is 1.87. The average molecular weight is 259 g/mol. The summed E-state index contributed by atoms with van der Waals surface area (Å²) in [6, 6.07) is 12.6. The van der Waals surface area contributed by atoms with Crippen molar-refractivity contribution in [1.82, 2.24) is 0 Å². The minimum Gasteiger partial charge on any atom is -0.494 e. The fourth-order valence-electron chi connectivity index (χ4n) is 2.18. The number of hydrogen-bond acceptors (Lipinski definition) is 3. The summed E-state index contributed by atoms with van der Waals surface area (Å²) in [5, 5.41) is 3.28. The van der Waals surface area contributed by atoms with Crippen LogP contribution in [0, 0.1) is 5.82 Å². The summed E-state index contributed by atoms with van der Waals surface area (Å²) in [5.41, 5.74) is 1.76. The van der Waals surface area contributed by atoms with Crippen molar-refractivity contribution in [2.24, 2.45) is 0 Å². The standard InChI is InChI=1S/C15H14FNO2/c1-18-13-7-6-10(8-11(13)16)15-9-17-12-4-2-3-5-14(12)19-15/h2-8,15,17H,9H2,1H3. The highest BCUT2D eigenvalue weighted by atomic mass is 19.1. The molecule has 3 nitrogen and oxygen atoms in total. The van der Waals surface area contributed by atoms with E-state index in [0.717, 1.165) is 17.0 Å². The van der Waals surface area contributed by atoms with Crippen LogP contribution in [0.15, 0.2) is 42.5 Å². The highest BCUT2D eigenvalue weighted by Crippen LogP contribution is 2.34. The fourth-order valence-corrected chi connectivity index (χ4v) is 2.18. The molecule has 1 aliphatic heterocycles. The number of fused-ring (bicyclic) bond motifs is 1. The molecular formula is C15H14FNO2. The number of methoxy groups -OCH3 is 1. The molecule has 2 aromatic carbocycles. The zero-order valence-corrected chi connectivity index (χ0v) is 10.5. The van der Waals surface area contributed by atoms with Crippen molar-refractivity contribution in [2.75, 3.05) is 19.0 Å². The molecule has 1 aliphatic rings. The van der Waals surface area contributed by atoms with Crippen LogP contribution in [0.5, 0.6) is 11.5 Å². The van der Waals surface area contributed by atoms with Crippen molar-refractivity contribution in [3.8, 4) is 11.5 Å². The molecule has 0 aliphatic carbocycles. The van der Waals surface area contributed by atoms with Crippen LogP contribution in [-0.4, -0.2) is 13.7 Å². The van der Waals surface area contributed by atoms with Crippen LogP contribution in [0.2, 0.25) is 0 Å². The second-order valence-corrected chi connectivity index (χ2v) is 4.38. The van der Waals surface area contributed by atoms with Crippen molar-refractivity contribution in [1.29, 1.82) is 0 Å². The molecule has 4 heteroatoms. The minimum absolute atomic E-state index is 0.199. The van der Waals surface area contributed by atoms with Gasteiger partial charge in [0.25, 0.3) is 0 Å². The first kappa shape index (κ1) is 11.8. The van der Waals surface area contributed by atoms with Crippen LogP contribution >= 0.6 is 0 Å². The second-order valence-electron chi connectivity index (χ2n) is 4.38. The van der Waals surface area contributed by atoms with Crippen molar-refractivity contribution >= 4 is 5.69 Å². The number of hydrogen-bond donors (Lipinski definition) is 1. The normalized spacial score (nSPS) is 17.1. The number of nitrogens with one attached hydrogen (secondary N) is 1.